The van der Waals surface area contributed by atoms with Crippen molar-refractivity contribution in [1.29, 1.82) is 0 Å². The van der Waals surface area contributed by atoms with E-state index in [2.05, 4.69) is 20.4 Å². The summed E-state index contributed by atoms with van der Waals surface area (Å²) in [6.07, 6.45) is 5.08. The molecule has 0 aliphatic rings. The second-order valence-electron chi connectivity index (χ2n) is 5.08. The molecule has 0 spiro atoms. The van der Waals surface area contributed by atoms with Crippen molar-refractivity contribution in [1.82, 2.24) is 19.7 Å². The van der Waals surface area contributed by atoms with E-state index in [1.807, 2.05) is 54.0 Å². The summed E-state index contributed by atoms with van der Waals surface area (Å²) in [6, 6.07) is 13.5. The van der Waals surface area contributed by atoms with Crippen molar-refractivity contribution in [2.75, 3.05) is 5.32 Å². The largest absolute Gasteiger partial charge is 0.360 e. The molecule has 0 saturated heterocycles. The number of nitrogens with zero attached hydrogens (tertiary/aromatic N) is 3. The summed E-state index contributed by atoms with van der Waals surface area (Å²) in [5.41, 5.74) is 3.11. The molecule has 7 heteroatoms. The number of hydrogen-bond donors (Lipinski definition) is 2. The maximum Gasteiger partial charge on any atom is 0.260 e. The lowest BCUT2D eigenvalue weighted by atomic mass is 10.3. The number of amides is 1. The van der Waals surface area contributed by atoms with Crippen LogP contribution in [0.25, 0.3) is 17.1 Å². The van der Waals surface area contributed by atoms with Crippen LogP contribution >= 0.6 is 11.3 Å². The molecule has 3 aromatic heterocycles. The fourth-order valence-corrected chi connectivity index (χ4v) is 2.98. The van der Waals surface area contributed by atoms with Gasteiger partial charge >= 0.3 is 0 Å². The number of rotatable bonds is 4. The van der Waals surface area contributed by atoms with Gasteiger partial charge in [-0.3, -0.25) is 10.1 Å². The van der Waals surface area contributed by atoms with E-state index in [1.165, 1.54) is 11.3 Å². The van der Waals surface area contributed by atoms with E-state index < -0.39 is 0 Å². The number of para-hydroxylation sites is 1. The number of anilines is 1. The lowest BCUT2D eigenvalue weighted by Crippen LogP contribution is -2.10. The van der Waals surface area contributed by atoms with E-state index >= 15 is 0 Å². The molecule has 0 radical (unpaired) electrons. The van der Waals surface area contributed by atoms with E-state index in [9.17, 15) is 4.79 Å². The van der Waals surface area contributed by atoms with E-state index in [1.54, 1.807) is 17.1 Å². The van der Waals surface area contributed by atoms with Gasteiger partial charge in [-0.25, -0.2) is 9.67 Å². The number of aromatic amines is 1. The quantitative estimate of drug-likeness (QED) is 0.598. The van der Waals surface area contributed by atoms with Gasteiger partial charge in [-0.15, -0.1) is 11.3 Å². The van der Waals surface area contributed by atoms with Crippen LogP contribution in [0.5, 0.6) is 0 Å². The summed E-state index contributed by atoms with van der Waals surface area (Å²) >= 11 is 1.38. The molecule has 0 fully saturated rings. The first-order chi connectivity index (χ1) is 11.8. The minimum absolute atomic E-state index is 0.232. The third-order valence-electron chi connectivity index (χ3n) is 3.46. The number of H-pyrrole nitrogens is 1. The molecule has 1 aromatic carbocycles. The maximum atomic E-state index is 12.3. The molecule has 24 heavy (non-hydrogen) atoms. The Morgan fingerprint density at radius 2 is 2.04 bits per heavy atom. The first kappa shape index (κ1) is 14.4. The Hall–Kier alpha value is -3.19. The van der Waals surface area contributed by atoms with Crippen LogP contribution in [-0.4, -0.2) is 25.7 Å². The van der Waals surface area contributed by atoms with Crippen LogP contribution in [0.3, 0.4) is 0 Å². The van der Waals surface area contributed by atoms with Crippen LogP contribution in [0.4, 0.5) is 5.13 Å². The summed E-state index contributed by atoms with van der Waals surface area (Å²) in [6.45, 7) is 0. The zero-order chi connectivity index (χ0) is 16.4. The molecule has 6 nitrogen and oxygen atoms in total. The highest BCUT2D eigenvalue weighted by molar-refractivity contribution is 7.14. The molecule has 3 heterocycles. The monoisotopic (exact) mass is 335 g/mol. The van der Waals surface area contributed by atoms with Gasteiger partial charge in [0.05, 0.1) is 28.8 Å². The Balaban J connectivity index is 1.50. The topological polar surface area (TPSA) is 75.6 Å². The van der Waals surface area contributed by atoms with E-state index in [0.717, 1.165) is 17.1 Å². The Bertz CT molecular complexity index is 956. The molecule has 1 amide bonds. The molecule has 118 valence electrons. The van der Waals surface area contributed by atoms with Gasteiger partial charge in [0.25, 0.3) is 5.91 Å². The van der Waals surface area contributed by atoms with Gasteiger partial charge in [-0.05, 0) is 24.3 Å². The lowest BCUT2D eigenvalue weighted by Gasteiger charge is -2.00. The predicted molar refractivity (Wildman–Crippen MR) is 93.4 cm³/mol. The Labute approximate surface area is 141 Å². The first-order valence-corrected chi connectivity index (χ1v) is 8.18. The average molecular weight is 335 g/mol. The van der Waals surface area contributed by atoms with Gasteiger partial charge in [0.2, 0.25) is 0 Å². The molecule has 2 N–H and O–H groups in total. The summed E-state index contributed by atoms with van der Waals surface area (Å²) in [7, 11) is 0. The van der Waals surface area contributed by atoms with E-state index in [-0.39, 0.29) is 5.91 Å². The number of benzene rings is 1. The normalized spacial score (nSPS) is 10.7. The predicted octanol–water partition coefficient (Wildman–Crippen LogP) is 3.58. The van der Waals surface area contributed by atoms with Gasteiger partial charge < -0.3 is 4.98 Å². The number of carbonyl (C=O) groups excluding carboxylic acids is 1. The highest BCUT2D eigenvalue weighted by Crippen LogP contribution is 2.23. The van der Waals surface area contributed by atoms with Crippen molar-refractivity contribution in [2.45, 2.75) is 0 Å². The highest BCUT2D eigenvalue weighted by atomic mass is 32.1. The van der Waals surface area contributed by atoms with E-state index in [4.69, 9.17) is 0 Å². The molecule has 0 unspecified atom stereocenters. The molecule has 0 aliphatic carbocycles. The highest BCUT2D eigenvalue weighted by Gasteiger charge is 2.12. The summed E-state index contributed by atoms with van der Waals surface area (Å²) in [4.78, 5) is 19.9. The van der Waals surface area contributed by atoms with Crippen molar-refractivity contribution < 1.29 is 4.79 Å². The third kappa shape index (κ3) is 2.84. The fraction of sp³-hybridized carbons (Fsp3) is 0. The summed E-state index contributed by atoms with van der Waals surface area (Å²) in [5, 5.41) is 9.49. The van der Waals surface area contributed by atoms with Crippen LogP contribution in [0, 0.1) is 0 Å². The van der Waals surface area contributed by atoms with Crippen molar-refractivity contribution in [2.24, 2.45) is 0 Å². The zero-order valence-corrected chi connectivity index (χ0v) is 13.3. The number of hydrogen-bond acceptors (Lipinski definition) is 4. The summed E-state index contributed by atoms with van der Waals surface area (Å²) in [5.74, 6) is -0.232. The van der Waals surface area contributed by atoms with Gasteiger partial charge in [-0.2, -0.15) is 5.10 Å². The van der Waals surface area contributed by atoms with Crippen molar-refractivity contribution in [3.05, 3.63) is 72.0 Å². The van der Waals surface area contributed by atoms with Gasteiger partial charge in [0.1, 0.15) is 0 Å². The van der Waals surface area contributed by atoms with Crippen LogP contribution in [0.15, 0.2) is 66.4 Å². The second kappa shape index (κ2) is 6.13. The van der Waals surface area contributed by atoms with Crippen molar-refractivity contribution >= 4 is 22.4 Å². The smallest absolute Gasteiger partial charge is 0.260 e. The van der Waals surface area contributed by atoms with Gasteiger partial charge in [-0.1, -0.05) is 18.2 Å². The molecular formula is C17H13N5OS. The van der Waals surface area contributed by atoms with Gasteiger partial charge in [0, 0.05) is 17.8 Å². The second-order valence-corrected chi connectivity index (χ2v) is 5.94. The Kier molecular flexibility index (Phi) is 3.68. The molecule has 4 rings (SSSR count). The maximum absolute atomic E-state index is 12.3. The van der Waals surface area contributed by atoms with E-state index in [0.29, 0.717) is 10.7 Å². The Morgan fingerprint density at radius 3 is 2.83 bits per heavy atom. The van der Waals surface area contributed by atoms with Crippen molar-refractivity contribution in [3.8, 4) is 17.1 Å². The minimum Gasteiger partial charge on any atom is -0.360 e. The zero-order valence-electron chi connectivity index (χ0n) is 12.5. The van der Waals surface area contributed by atoms with Crippen LogP contribution in [-0.2, 0) is 0 Å². The SMILES string of the molecule is O=C(Nc1nc(-c2ccc[nH]2)cs1)c1cnn(-c2ccccc2)c1. The molecule has 4 aromatic rings. The fourth-order valence-electron chi connectivity index (χ4n) is 2.28. The van der Waals surface area contributed by atoms with Gasteiger partial charge in [0.15, 0.2) is 5.13 Å². The number of carbonyl (C=O) groups is 1. The van der Waals surface area contributed by atoms with Crippen LogP contribution < -0.4 is 5.32 Å². The molecule has 0 bridgehead atoms. The molecule has 0 aliphatic heterocycles. The Morgan fingerprint density at radius 1 is 1.17 bits per heavy atom. The molecule has 0 atom stereocenters. The third-order valence-corrected chi connectivity index (χ3v) is 4.22. The van der Waals surface area contributed by atoms with Crippen LogP contribution in [0.2, 0.25) is 0 Å². The summed E-state index contributed by atoms with van der Waals surface area (Å²) < 4.78 is 1.67. The average Bonchev–Trinajstić information content (AvgIpc) is 3.36. The standard InChI is InChI=1S/C17H13N5OS/c23-16(12-9-19-22(10-12)13-5-2-1-3-6-13)21-17-20-15(11-24-17)14-7-4-8-18-14/h1-11,18H,(H,20,21,23). The minimum atomic E-state index is -0.232. The number of thiazole rings is 1. The number of aromatic nitrogens is 4. The first-order valence-electron chi connectivity index (χ1n) is 7.30. The lowest BCUT2D eigenvalue weighted by molar-refractivity contribution is 0.102. The van der Waals surface area contributed by atoms with Crippen molar-refractivity contribution in [3.63, 3.8) is 0 Å². The molecule has 0 saturated carbocycles. The van der Waals surface area contributed by atoms with Crippen LogP contribution in [0.1, 0.15) is 10.4 Å². The number of nitrogens with one attached hydrogen (secondary N) is 2. The molecular weight excluding hydrogens is 322 g/mol.